The second-order valence-electron chi connectivity index (χ2n) is 5.92. The molecule has 1 saturated heterocycles. The molecule has 0 aromatic heterocycles. The Morgan fingerprint density at radius 2 is 2.30 bits per heavy atom. The van der Waals surface area contributed by atoms with Gasteiger partial charge in [-0.3, -0.25) is 4.79 Å². The molecule has 3 nitrogen and oxygen atoms in total. The molecular weight excluding hydrogens is 272 g/mol. The Labute approximate surface area is 125 Å². The quantitative estimate of drug-likeness (QED) is 0.929. The topological polar surface area (TPSA) is 32.3 Å². The highest BCUT2D eigenvalue weighted by molar-refractivity contribution is 6.30. The maximum atomic E-state index is 12.6. The van der Waals surface area contributed by atoms with Gasteiger partial charge >= 0.3 is 0 Å². The molecule has 1 aliphatic heterocycles. The highest BCUT2D eigenvalue weighted by Crippen LogP contribution is 2.49. The summed E-state index contributed by atoms with van der Waals surface area (Å²) in [6, 6.07) is 8.38. The number of halogens is 1. The Morgan fingerprint density at radius 1 is 1.45 bits per heavy atom. The van der Waals surface area contributed by atoms with Gasteiger partial charge in [-0.15, -0.1) is 0 Å². The molecule has 1 aliphatic carbocycles. The Kier molecular flexibility index (Phi) is 3.99. The van der Waals surface area contributed by atoms with Gasteiger partial charge in [-0.1, -0.05) is 23.7 Å². The van der Waals surface area contributed by atoms with Gasteiger partial charge in [0.05, 0.1) is 0 Å². The molecule has 1 N–H and O–H groups in total. The number of nitrogens with one attached hydrogen (secondary N) is 1. The lowest BCUT2D eigenvalue weighted by molar-refractivity contribution is -0.134. The predicted molar refractivity (Wildman–Crippen MR) is 81.0 cm³/mol. The first-order valence-corrected chi connectivity index (χ1v) is 7.78. The van der Waals surface area contributed by atoms with E-state index in [-0.39, 0.29) is 5.92 Å². The molecule has 0 spiro atoms. The van der Waals surface area contributed by atoms with Gasteiger partial charge in [0.1, 0.15) is 0 Å². The number of carbonyl (C=O) groups excluding carboxylic acids is 1. The van der Waals surface area contributed by atoms with E-state index < -0.39 is 0 Å². The molecule has 0 radical (unpaired) electrons. The van der Waals surface area contributed by atoms with Gasteiger partial charge in [-0.2, -0.15) is 0 Å². The monoisotopic (exact) mass is 292 g/mol. The number of nitrogens with zero attached hydrogens (tertiary/aromatic N) is 1. The fourth-order valence-electron chi connectivity index (χ4n) is 3.22. The van der Waals surface area contributed by atoms with Gasteiger partial charge in [0.2, 0.25) is 5.91 Å². The average molecular weight is 293 g/mol. The number of amides is 1. The van der Waals surface area contributed by atoms with Gasteiger partial charge in [-0.05, 0) is 49.9 Å². The summed E-state index contributed by atoms with van der Waals surface area (Å²) in [5.74, 6) is 0.871. The van der Waals surface area contributed by atoms with Crippen molar-refractivity contribution in [3.63, 3.8) is 0 Å². The van der Waals surface area contributed by atoms with Gasteiger partial charge < -0.3 is 10.2 Å². The van der Waals surface area contributed by atoms with E-state index in [1.807, 2.05) is 30.1 Å². The highest BCUT2D eigenvalue weighted by Gasteiger charge is 2.46. The first-order chi connectivity index (χ1) is 9.69. The van der Waals surface area contributed by atoms with Crippen LogP contribution in [0.15, 0.2) is 24.3 Å². The van der Waals surface area contributed by atoms with Crippen LogP contribution in [0.2, 0.25) is 5.02 Å². The first-order valence-electron chi connectivity index (χ1n) is 7.40. The Balaban J connectivity index is 1.62. The van der Waals surface area contributed by atoms with Crippen molar-refractivity contribution < 1.29 is 4.79 Å². The summed E-state index contributed by atoms with van der Waals surface area (Å²) in [6.45, 7) is 1.77. The van der Waals surface area contributed by atoms with E-state index in [1.165, 1.54) is 12.0 Å². The summed E-state index contributed by atoms with van der Waals surface area (Å²) in [7, 11) is 1.98. The number of hydrogen-bond acceptors (Lipinski definition) is 2. The van der Waals surface area contributed by atoms with Crippen LogP contribution in [0.1, 0.15) is 30.7 Å². The zero-order valence-corrected chi connectivity index (χ0v) is 12.6. The second-order valence-corrected chi connectivity index (χ2v) is 6.35. The molecule has 1 amide bonds. The number of hydrogen-bond donors (Lipinski definition) is 1. The molecule has 1 aromatic carbocycles. The molecule has 1 saturated carbocycles. The molecule has 3 rings (SSSR count). The van der Waals surface area contributed by atoms with Crippen LogP contribution in [-0.2, 0) is 4.79 Å². The third-order valence-electron chi connectivity index (χ3n) is 4.53. The van der Waals surface area contributed by atoms with Crippen LogP contribution >= 0.6 is 11.6 Å². The van der Waals surface area contributed by atoms with Crippen molar-refractivity contribution in [1.82, 2.24) is 10.2 Å². The van der Waals surface area contributed by atoms with E-state index in [9.17, 15) is 4.79 Å². The summed E-state index contributed by atoms with van der Waals surface area (Å²) >= 11 is 6.03. The van der Waals surface area contributed by atoms with E-state index in [4.69, 9.17) is 11.6 Å². The molecule has 0 bridgehead atoms. The first kappa shape index (κ1) is 13.9. The molecule has 1 heterocycles. The van der Waals surface area contributed by atoms with E-state index in [2.05, 4.69) is 11.4 Å². The minimum absolute atomic E-state index is 0.170. The lowest BCUT2D eigenvalue weighted by atomic mass is 10.0. The minimum atomic E-state index is 0.170. The lowest BCUT2D eigenvalue weighted by Gasteiger charge is -2.32. The lowest BCUT2D eigenvalue weighted by Crippen LogP contribution is -2.47. The summed E-state index contributed by atoms with van der Waals surface area (Å²) < 4.78 is 0. The maximum absolute atomic E-state index is 12.6. The van der Waals surface area contributed by atoms with Crippen molar-refractivity contribution in [2.24, 2.45) is 5.92 Å². The Bertz CT molecular complexity index is 505. The zero-order chi connectivity index (χ0) is 14.1. The van der Waals surface area contributed by atoms with E-state index in [1.54, 1.807) is 0 Å². The van der Waals surface area contributed by atoms with Crippen LogP contribution in [0.25, 0.3) is 0 Å². The summed E-state index contributed by atoms with van der Waals surface area (Å²) in [6.07, 6.45) is 3.24. The average Bonchev–Trinajstić information content (AvgIpc) is 3.27. The smallest absolute Gasteiger partial charge is 0.226 e. The summed E-state index contributed by atoms with van der Waals surface area (Å²) in [4.78, 5) is 14.6. The molecule has 1 aromatic rings. The van der Waals surface area contributed by atoms with Crippen LogP contribution in [0.4, 0.5) is 0 Å². The normalized spacial score (nSPS) is 29.3. The van der Waals surface area contributed by atoms with Gasteiger partial charge in [0, 0.05) is 30.1 Å². The number of likely N-dealkylation sites (N-methyl/N-ethyl adjacent to an activating group) is 1. The van der Waals surface area contributed by atoms with Gasteiger partial charge in [-0.25, -0.2) is 0 Å². The van der Waals surface area contributed by atoms with Crippen molar-refractivity contribution in [3.05, 3.63) is 34.9 Å². The van der Waals surface area contributed by atoms with Crippen molar-refractivity contribution in [3.8, 4) is 0 Å². The summed E-state index contributed by atoms with van der Waals surface area (Å²) in [5, 5.41) is 4.05. The number of carbonyl (C=O) groups is 1. The molecule has 20 heavy (non-hydrogen) atoms. The molecule has 3 unspecified atom stereocenters. The largest absolute Gasteiger partial charge is 0.341 e. The molecule has 4 heteroatoms. The number of piperidine rings is 1. The molecule has 2 fully saturated rings. The molecule has 2 aliphatic rings. The van der Waals surface area contributed by atoms with E-state index >= 15 is 0 Å². The zero-order valence-electron chi connectivity index (χ0n) is 11.8. The fraction of sp³-hybridized carbons (Fsp3) is 0.562. The van der Waals surface area contributed by atoms with Crippen molar-refractivity contribution in [1.29, 1.82) is 0 Å². The minimum Gasteiger partial charge on any atom is -0.341 e. The van der Waals surface area contributed by atoms with Crippen LogP contribution in [0, 0.1) is 5.92 Å². The number of benzene rings is 1. The van der Waals surface area contributed by atoms with Gasteiger partial charge in [0.15, 0.2) is 0 Å². The molecule has 108 valence electrons. The fourth-order valence-corrected chi connectivity index (χ4v) is 3.42. The predicted octanol–water partition coefficient (Wildman–Crippen LogP) is 2.65. The third-order valence-corrected chi connectivity index (χ3v) is 4.76. The summed E-state index contributed by atoms with van der Waals surface area (Å²) in [5.41, 5.74) is 1.21. The van der Waals surface area contributed by atoms with Crippen molar-refractivity contribution >= 4 is 17.5 Å². The number of likely N-dealkylation sites (tertiary alicyclic amines) is 1. The van der Waals surface area contributed by atoms with Crippen molar-refractivity contribution in [2.45, 2.75) is 31.2 Å². The maximum Gasteiger partial charge on any atom is 0.226 e. The molecular formula is C16H21ClN2O. The van der Waals surface area contributed by atoms with Crippen LogP contribution in [-0.4, -0.2) is 37.0 Å². The van der Waals surface area contributed by atoms with E-state index in [0.717, 1.165) is 31.0 Å². The van der Waals surface area contributed by atoms with E-state index in [0.29, 0.717) is 17.9 Å². The van der Waals surface area contributed by atoms with Crippen LogP contribution in [0.3, 0.4) is 0 Å². The Morgan fingerprint density at radius 3 is 3.05 bits per heavy atom. The SMILES string of the molecule is CNC1CCCN(C(=O)C2CC2c2cccc(Cl)c2)C1. The Hall–Kier alpha value is -1.06. The molecule has 3 atom stereocenters. The highest BCUT2D eigenvalue weighted by atomic mass is 35.5. The van der Waals surface area contributed by atoms with Crippen LogP contribution in [0.5, 0.6) is 0 Å². The third kappa shape index (κ3) is 2.84. The van der Waals surface area contributed by atoms with Crippen LogP contribution < -0.4 is 5.32 Å². The standard InChI is InChI=1S/C16H21ClN2O/c1-18-13-6-3-7-19(10-13)16(20)15-9-14(15)11-4-2-5-12(17)8-11/h2,4-5,8,13-15,18H,3,6-7,9-10H2,1H3. The second kappa shape index (κ2) is 5.74. The van der Waals surface area contributed by atoms with Gasteiger partial charge in [0.25, 0.3) is 0 Å². The number of rotatable bonds is 3. The van der Waals surface area contributed by atoms with Crippen molar-refractivity contribution in [2.75, 3.05) is 20.1 Å².